The summed E-state index contributed by atoms with van der Waals surface area (Å²) in [6.07, 6.45) is 0. The average molecular weight is 266 g/mol. The maximum absolute atomic E-state index is 11.0. The molecular weight excluding hydrogens is 252 g/mol. The minimum absolute atomic E-state index is 0.0649. The van der Waals surface area contributed by atoms with Gasteiger partial charge in [0, 0.05) is 19.2 Å². The third kappa shape index (κ3) is 1.97. The number of nitrogen functional groups attached to an aromatic ring is 1. The van der Waals surface area contributed by atoms with Crippen molar-refractivity contribution in [1.29, 1.82) is 0 Å². The van der Waals surface area contributed by atoms with Gasteiger partial charge in [-0.1, -0.05) is 11.3 Å². The van der Waals surface area contributed by atoms with Gasteiger partial charge in [0.2, 0.25) is 0 Å². The minimum atomic E-state index is -0.397. The molecule has 1 aromatic carbocycles. The van der Waals surface area contributed by atoms with Crippen molar-refractivity contribution in [3.05, 3.63) is 22.2 Å². The van der Waals surface area contributed by atoms with Gasteiger partial charge in [0.25, 0.3) is 5.69 Å². The quantitative estimate of drug-likeness (QED) is 0.679. The topological polar surface area (TPSA) is 85.3 Å². The smallest absolute Gasteiger partial charge is 0.288 e. The van der Waals surface area contributed by atoms with Crippen molar-refractivity contribution in [2.24, 2.45) is 0 Å². The SMILES string of the molecule is CCN(CC)c1ccc([N+](=O)[O-])c2sc(N)nc12. The number of aromatic nitrogens is 1. The number of nitro benzene ring substituents is 1. The molecule has 2 aromatic rings. The van der Waals surface area contributed by atoms with Gasteiger partial charge < -0.3 is 10.6 Å². The summed E-state index contributed by atoms with van der Waals surface area (Å²) in [4.78, 5) is 16.9. The number of non-ortho nitro benzene ring substituents is 1. The Bertz CT molecular complexity index is 592. The fourth-order valence-electron chi connectivity index (χ4n) is 1.96. The van der Waals surface area contributed by atoms with Gasteiger partial charge in [-0.05, 0) is 19.9 Å². The molecule has 0 unspecified atom stereocenters. The number of nitrogens with two attached hydrogens (primary N) is 1. The second-order valence-corrected chi connectivity index (χ2v) is 4.79. The number of hydrogen-bond acceptors (Lipinski definition) is 6. The van der Waals surface area contributed by atoms with E-state index in [0.29, 0.717) is 15.3 Å². The molecule has 2 N–H and O–H groups in total. The Hall–Kier alpha value is -1.89. The van der Waals surface area contributed by atoms with E-state index in [9.17, 15) is 10.1 Å². The number of nitrogens with zero attached hydrogens (tertiary/aromatic N) is 3. The number of anilines is 2. The summed E-state index contributed by atoms with van der Waals surface area (Å²) < 4.78 is 0.543. The van der Waals surface area contributed by atoms with E-state index in [1.54, 1.807) is 6.07 Å². The molecule has 0 radical (unpaired) electrons. The predicted octanol–water partition coefficient (Wildman–Crippen LogP) is 2.63. The lowest BCUT2D eigenvalue weighted by Crippen LogP contribution is -2.22. The van der Waals surface area contributed by atoms with Crippen LogP contribution in [0.15, 0.2) is 12.1 Å². The lowest BCUT2D eigenvalue weighted by Gasteiger charge is -2.21. The van der Waals surface area contributed by atoms with E-state index in [1.807, 2.05) is 13.8 Å². The van der Waals surface area contributed by atoms with Gasteiger partial charge in [0.05, 0.1) is 10.6 Å². The van der Waals surface area contributed by atoms with Gasteiger partial charge in [-0.3, -0.25) is 10.1 Å². The third-order valence-corrected chi connectivity index (χ3v) is 3.73. The van der Waals surface area contributed by atoms with Gasteiger partial charge in [0.1, 0.15) is 10.2 Å². The van der Waals surface area contributed by atoms with E-state index in [4.69, 9.17) is 5.73 Å². The fourth-order valence-corrected chi connectivity index (χ4v) is 2.80. The molecular formula is C11H14N4O2S. The van der Waals surface area contributed by atoms with Gasteiger partial charge in [-0.25, -0.2) is 4.98 Å². The molecule has 2 rings (SSSR count). The summed E-state index contributed by atoms with van der Waals surface area (Å²) in [5.74, 6) is 0. The molecule has 0 atom stereocenters. The van der Waals surface area contributed by atoms with Gasteiger partial charge in [-0.2, -0.15) is 0 Å². The van der Waals surface area contributed by atoms with Crippen LogP contribution in [0, 0.1) is 10.1 Å². The number of hydrogen-bond donors (Lipinski definition) is 1. The van der Waals surface area contributed by atoms with Crippen LogP contribution in [0.5, 0.6) is 0 Å². The van der Waals surface area contributed by atoms with E-state index in [1.165, 1.54) is 6.07 Å². The molecule has 0 saturated carbocycles. The van der Waals surface area contributed by atoms with Crippen molar-refractivity contribution in [2.75, 3.05) is 23.7 Å². The first kappa shape index (κ1) is 12.6. The molecule has 0 amide bonds. The summed E-state index contributed by atoms with van der Waals surface area (Å²) in [7, 11) is 0. The van der Waals surface area contributed by atoms with Crippen LogP contribution in [0.1, 0.15) is 13.8 Å². The normalized spacial score (nSPS) is 10.8. The molecule has 1 heterocycles. The highest BCUT2D eigenvalue weighted by molar-refractivity contribution is 7.22. The van der Waals surface area contributed by atoms with Crippen LogP contribution in [-0.2, 0) is 0 Å². The molecule has 0 spiro atoms. The van der Waals surface area contributed by atoms with Crippen molar-refractivity contribution in [3.63, 3.8) is 0 Å². The number of rotatable bonds is 4. The molecule has 0 fully saturated rings. The van der Waals surface area contributed by atoms with Crippen molar-refractivity contribution in [3.8, 4) is 0 Å². The van der Waals surface area contributed by atoms with E-state index in [0.717, 1.165) is 30.1 Å². The second kappa shape index (κ2) is 4.77. The van der Waals surface area contributed by atoms with Crippen LogP contribution in [0.4, 0.5) is 16.5 Å². The summed E-state index contributed by atoms with van der Waals surface area (Å²) in [6.45, 7) is 5.71. The Kier molecular flexibility index (Phi) is 3.33. The summed E-state index contributed by atoms with van der Waals surface area (Å²) in [5, 5.41) is 11.3. The molecule has 6 nitrogen and oxygen atoms in total. The molecule has 0 aliphatic heterocycles. The van der Waals surface area contributed by atoms with Crippen LogP contribution >= 0.6 is 11.3 Å². The largest absolute Gasteiger partial charge is 0.375 e. The van der Waals surface area contributed by atoms with Crippen molar-refractivity contribution in [1.82, 2.24) is 4.98 Å². The van der Waals surface area contributed by atoms with Crippen molar-refractivity contribution >= 4 is 38.1 Å². The Morgan fingerprint density at radius 2 is 2.11 bits per heavy atom. The van der Waals surface area contributed by atoms with Crippen LogP contribution in [0.2, 0.25) is 0 Å². The summed E-state index contributed by atoms with van der Waals surface area (Å²) in [5.41, 5.74) is 7.26. The molecule has 0 bridgehead atoms. The first-order valence-electron chi connectivity index (χ1n) is 5.66. The molecule has 0 aliphatic carbocycles. The van der Waals surface area contributed by atoms with Gasteiger partial charge in [-0.15, -0.1) is 0 Å². The highest BCUT2D eigenvalue weighted by atomic mass is 32.1. The highest BCUT2D eigenvalue weighted by Crippen LogP contribution is 2.37. The van der Waals surface area contributed by atoms with Gasteiger partial charge >= 0.3 is 0 Å². The molecule has 7 heteroatoms. The zero-order chi connectivity index (χ0) is 13.3. The standard InChI is InChI=1S/C11H14N4O2S/c1-3-14(4-2)7-5-6-8(15(16)17)10-9(7)13-11(12)18-10/h5-6H,3-4H2,1-2H3,(H2,12,13). The number of thiazole rings is 1. The van der Waals surface area contributed by atoms with Crippen LogP contribution in [-0.4, -0.2) is 23.0 Å². The first-order valence-corrected chi connectivity index (χ1v) is 6.48. The Labute approximate surface area is 108 Å². The number of nitro groups is 1. The third-order valence-electron chi connectivity index (χ3n) is 2.82. The Morgan fingerprint density at radius 3 is 2.67 bits per heavy atom. The zero-order valence-electron chi connectivity index (χ0n) is 10.2. The molecule has 0 aliphatic rings. The molecule has 1 aromatic heterocycles. The molecule has 18 heavy (non-hydrogen) atoms. The van der Waals surface area contributed by atoms with Crippen LogP contribution < -0.4 is 10.6 Å². The number of benzene rings is 1. The average Bonchev–Trinajstić information content (AvgIpc) is 2.71. The number of fused-ring (bicyclic) bond motifs is 1. The van der Waals surface area contributed by atoms with Crippen LogP contribution in [0.3, 0.4) is 0 Å². The maximum atomic E-state index is 11.0. The minimum Gasteiger partial charge on any atom is -0.375 e. The maximum Gasteiger partial charge on any atom is 0.288 e. The molecule has 96 valence electrons. The van der Waals surface area contributed by atoms with Crippen molar-refractivity contribution in [2.45, 2.75) is 13.8 Å². The second-order valence-electron chi connectivity index (χ2n) is 3.76. The van der Waals surface area contributed by atoms with Crippen molar-refractivity contribution < 1.29 is 4.92 Å². The van der Waals surface area contributed by atoms with Crippen LogP contribution in [0.25, 0.3) is 10.2 Å². The predicted molar refractivity (Wildman–Crippen MR) is 74.2 cm³/mol. The Morgan fingerprint density at radius 1 is 1.44 bits per heavy atom. The van der Waals surface area contributed by atoms with E-state index in [-0.39, 0.29) is 5.69 Å². The highest BCUT2D eigenvalue weighted by Gasteiger charge is 2.20. The van der Waals surface area contributed by atoms with E-state index in [2.05, 4.69) is 9.88 Å². The van der Waals surface area contributed by atoms with E-state index >= 15 is 0 Å². The zero-order valence-corrected chi connectivity index (χ0v) is 11.0. The van der Waals surface area contributed by atoms with Gasteiger partial charge in [0.15, 0.2) is 5.13 Å². The lowest BCUT2D eigenvalue weighted by atomic mass is 10.2. The summed E-state index contributed by atoms with van der Waals surface area (Å²) in [6, 6.07) is 3.26. The lowest BCUT2D eigenvalue weighted by molar-refractivity contribution is -0.382. The monoisotopic (exact) mass is 266 g/mol. The molecule has 0 saturated heterocycles. The Balaban J connectivity index is 2.71. The first-order chi connectivity index (χ1) is 8.58. The summed E-state index contributed by atoms with van der Waals surface area (Å²) >= 11 is 1.16. The van der Waals surface area contributed by atoms with E-state index < -0.39 is 4.92 Å². The fraction of sp³-hybridized carbons (Fsp3) is 0.364.